The van der Waals surface area contributed by atoms with E-state index in [0.717, 1.165) is 18.1 Å². The highest BCUT2D eigenvalue weighted by Crippen LogP contribution is 2.25. The molecule has 2 fully saturated rings. The first kappa shape index (κ1) is 12.4. The first-order valence-electron chi connectivity index (χ1n) is 7.30. The van der Waals surface area contributed by atoms with E-state index >= 15 is 0 Å². The van der Waals surface area contributed by atoms with E-state index in [1.807, 2.05) is 0 Å². The summed E-state index contributed by atoms with van der Waals surface area (Å²) in [5.74, 6) is 0. The summed E-state index contributed by atoms with van der Waals surface area (Å²) in [4.78, 5) is 2.72. The lowest BCUT2D eigenvalue weighted by Gasteiger charge is -2.28. The van der Waals surface area contributed by atoms with Gasteiger partial charge in [0.05, 0.1) is 0 Å². The van der Waals surface area contributed by atoms with Gasteiger partial charge in [-0.15, -0.1) is 0 Å². The van der Waals surface area contributed by atoms with Crippen LogP contribution in [0.5, 0.6) is 0 Å². The Labute approximate surface area is 101 Å². The molecule has 1 aliphatic carbocycles. The summed E-state index contributed by atoms with van der Waals surface area (Å²) in [5, 5.41) is 3.73. The van der Waals surface area contributed by atoms with Crippen molar-refractivity contribution < 1.29 is 0 Å². The van der Waals surface area contributed by atoms with E-state index in [1.165, 1.54) is 58.0 Å². The summed E-state index contributed by atoms with van der Waals surface area (Å²) in [5.41, 5.74) is 0. The van der Waals surface area contributed by atoms with Crippen molar-refractivity contribution in [2.75, 3.05) is 13.1 Å². The molecule has 94 valence electrons. The molecule has 1 heterocycles. The molecule has 1 saturated carbocycles. The molecule has 2 aliphatic rings. The molecule has 0 bridgehead atoms. The highest BCUT2D eigenvalue weighted by Gasteiger charge is 2.28. The van der Waals surface area contributed by atoms with Gasteiger partial charge in [0.2, 0.25) is 0 Å². The van der Waals surface area contributed by atoms with Crippen LogP contribution < -0.4 is 5.32 Å². The van der Waals surface area contributed by atoms with Crippen LogP contribution in [0.25, 0.3) is 0 Å². The van der Waals surface area contributed by atoms with Gasteiger partial charge in [-0.25, -0.2) is 0 Å². The lowest BCUT2D eigenvalue weighted by Crippen LogP contribution is -2.41. The third-order valence-electron chi connectivity index (χ3n) is 4.58. The van der Waals surface area contributed by atoms with Gasteiger partial charge in [0.15, 0.2) is 0 Å². The Morgan fingerprint density at radius 1 is 1.12 bits per heavy atom. The van der Waals surface area contributed by atoms with Gasteiger partial charge in [-0.1, -0.05) is 19.8 Å². The molecule has 0 aromatic heterocycles. The second kappa shape index (κ2) is 6.02. The minimum Gasteiger partial charge on any atom is -0.313 e. The Balaban J connectivity index is 1.67. The highest BCUT2D eigenvalue weighted by atomic mass is 15.2. The van der Waals surface area contributed by atoms with Crippen molar-refractivity contribution in [3.8, 4) is 0 Å². The molecular formula is C14H28N2. The van der Waals surface area contributed by atoms with E-state index in [9.17, 15) is 0 Å². The van der Waals surface area contributed by atoms with E-state index < -0.39 is 0 Å². The Hall–Kier alpha value is -0.0800. The van der Waals surface area contributed by atoms with Gasteiger partial charge in [-0.3, -0.25) is 4.90 Å². The fourth-order valence-electron chi connectivity index (χ4n) is 3.49. The number of hydrogen-bond acceptors (Lipinski definition) is 2. The third kappa shape index (κ3) is 2.98. The largest absolute Gasteiger partial charge is 0.313 e. The normalized spacial score (nSPS) is 32.6. The zero-order valence-corrected chi connectivity index (χ0v) is 11.0. The monoisotopic (exact) mass is 224 g/mol. The van der Waals surface area contributed by atoms with Crippen LogP contribution in [0.1, 0.15) is 58.8 Å². The van der Waals surface area contributed by atoms with Crippen molar-refractivity contribution in [2.45, 2.75) is 76.9 Å². The maximum absolute atomic E-state index is 3.73. The summed E-state index contributed by atoms with van der Waals surface area (Å²) in [7, 11) is 0. The van der Waals surface area contributed by atoms with E-state index in [1.54, 1.807) is 0 Å². The first-order valence-corrected chi connectivity index (χ1v) is 7.30. The lowest BCUT2D eigenvalue weighted by atomic mass is 10.1. The average molecular weight is 224 g/mol. The van der Waals surface area contributed by atoms with Crippen molar-refractivity contribution in [3.63, 3.8) is 0 Å². The van der Waals surface area contributed by atoms with E-state index in [4.69, 9.17) is 0 Å². The molecule has 2 heteroatoms. The van der Waals surface area contributed by atoms with Gasteiger partial charge >= 0.3 is 0 Å². The molecule has 16 heavy (non-hydrogen) atoms. The Kier molecular flexibility index (Phi) is 4.66. The van der Waals surface area contributed by atoms with Gasteiger partial charge in [-0.05, 0) is 39.0 Å². The lowest BCUT2D eigenvalue weighted by molar-refractivity contribution is 0.197. The zero-order chi connectivity index (χ0) is 11.4. The van der Waals surface area contributed by atoms with Crippen LogP contribution in [0.2, 0.25) is 0 Å². The van der Waals surface area contributed by atoms with Gasteiger partial charge in [-0.2, -0.15) is 0 Å². The number of hydrogen-bond donors (Lipinski definition) is 1. The molecule has 0 aromatic carbocycles. The van der Waals surface area contributed by atoms with E-state index in [2.05, 4.69) is 24.1 Å². The molecule has 2 nitrogen and oxygen atoms in total. The van der Waals surface area contributed by atoms with Crippen molar-refractivity contribution in [1.82, 2.24) is 10.2 Å². The van der Waals surface area contributed by atoms with Crippen molar-refractivity contribution in [3.05, 3.63) is 0 Å². The van der Waals surface area contributed by atoms with E-state index in [-0.39, 0.29) is 0 Å². The highest BCUT2D eigenvalue weighted by molar-refractivity contribution is 4.85. The molecule has 2 rings (SSSR count). The van der Waals surface area contributed by atoms with E-state index in [0.29, 0.717) is 0 Å². The van der Waals surface area contributed by atoms with Crippen LogP contribution in [0, 0.1) is 0 Å². The average Bonchev–Trinajstić information content (AvgIpc) is 2.90. The summed E-state index contributed by atoms with van der Waals surface area (Å²) in [6.07, 6.45) is 9.85. The molecule has 0 spiro atoms. The Bertz CT molecular complexity index is 199. The van der Waals surface area contributed by atoms with Crippen molar-refractivity contribution in [1.29, 1.82) is 0 Å². The number of nitrogens with one attached hydrogen (secondary N) is 1. The van der Waals surface area contributed by atoms with Crippen molar-refractivity contribution in [2.24, 2.45) is 0 Å². The molecule has 1 aliphatic heterocycles. The third-order valence-corrected chi connectivity index (χ3v) is 4.58. The summed E-state index contributed by atoms with van der Waals surface area (Å²) < 4.78 is 0. The second-order valence-electron chi connectivity index (χ2n) is 5.66. The minimum absolute atomic E-state index is 0.815. The standard InChI is InChI=1S/C14H28N2/c1-3-14-9-8-12(2)16(14)11-10-15-13-6-4-5-7-13/h12-15H,3-11H2,1-2H3. The predicted molar refractivity (Wildman–Crippen MR) is 69.7 cm³/mol. The number of likely N-dealkylation sites (tertiary alicyclic amines) is 1. The smallest absolute Gasteiger partial charge is 0.0113 e. The van der Waals surface area contributed by atoms with Crippen LogP contribution in [-0.2, 0) is 0 Å². The first-order chi connectivity index (χ1) is 7.81. The fraction of sp³-hybridized carbons (Fsp3) is 1.00. The van der Waals surface area contributed by atoms with Gasteiger partial charge in [0.25, 0.3) is 0 Å². The zero-order valence-electron chi connectivity index (χ0n) is 11.0. The van der Waals surface area contributed by atoms with Gasteiger partial charge < -0.3 is 5.32 Å². The number of nitrogens with zero attached hydrogens (tertiary/aromatic N) is 1. The molecular weight excluding hydrogens is 196 g/mol. The van der Waals surface area contributed by atoms with Gasteiger partial charge in [0.1, 0.15) is 0 Å². The molecule has 0 amide bonds. The second-order valence-corrected chi connectivity index (χ2v) is 5.66. The van der Waals surface area contributed by atoms with Crippen LogP contribution in [0.3, 0.4) is 0 Å². The molecule has 0 radical (unpaired) electrons. The Morgan fingerprint density at radius 2 is 1.88 bits per heavy atom. The summed E-state index contributed by atoms with van der Waals surface area (Å²) in [6, 6.07) is 2.51. The molecule has 0 aromatic rings. The van der Waals surface area contributed by atoms with Crippen LogP contribution in [-0.4, -0.2) is 36.1 Å². The van der Waals surface area contributed by atoms with Crippen LogP contribution >= 0.6 is 0 Å². The molecule has 1 saturated heterocycles. The van der Waals surface area contributed by atoms with Crippen LogP contribution in [0.15, 0.2) is 0 Å². The quantitative estimate of drug-likeness (QED) is 0.772. The van der Waals surface area contributed by atoms with Crippen molar-refractivity contribution >= 4 is 0 Å². The van der Waals surface area contributed by atoms with Crippen LogP contribution in [0.4, 0.5) is 0 Å². The summed E-state index contributed by atoms with van der Waals surface area (Å²) in [6.45, 7) is 7.19. The molecule has 2 unspecified atom stereocenters. The molecule has 1 N–H and O–H groups in total. The maximum Gasteiger partial charge on any atom is 0.0113 e. The van der Waals surface area contributed by atoms with Gasteiger partial charge in [0, 0.05) is 31.2 Å². The fourth-order valence-corrected chi connectivity index (χ4v) is 3.49. The molecule has 2 atom stereocenters. The SMILES string of the molecule is CCC1CCC(C)N1CCNC1CCCC1. The Morgan fingerprint density at radius 3 is 2.56 bits per heavy atom. The predicted octanol–water partition coefficient (Wildman–Crippen LogP) is 2.78. The maximum atomic E-state index is 3.73. The minimum atomic E-state index is 0.815. The number of rotatable bonds is 5. The summed E-state index contributed by atoms with van der Waals surface area (Å²) >= 11 is 0. The topological polar surface area (TPSA) is 15.3 Å².